The number of pyridine rings is 1. The van der Waals surface area contributed by atoms with E-state index in [4.69, 9.17) is 9.47 Å². The van der Waals surface area contributed by atoms with Gasteiger partial charge in [0.15, 0.2) is 5.65 Å². The van der Waals surface area contributed by atoms with Crippen molar-refractivity contribution < 1.29 is 9.47 Å². The van der Waals surface area contributed by atoms with Crippen LogP contribution in [0.5, 0.6) is 0 Å². The molecule has 0 bridgehead atoms. The van der Waals surface area contributed by atoms with Gasteiger partial charge in [-0.15, -0.1) is 15.3 Å². The minimum Gasteiger partial charge on any atom is -0.372 e. The van der Waals surface area contributed by atoms with Gasteiger partial charge in [0.05, 0.1) is 31.5 Å². The van der Waals surface area contributed by atoms with Crippen molar-refractivity contribution in [2.75, 3.05) is 24.6 Å². The minimum atomic E-state index is -0.128. The van der Waals surface area contributed by atoms with Gasteiger partial charge in [0.25, 0.3) is 0 Å². The van der Waals surface area contributed by atoms with Crippen molar-refractivity contribution in [1.29, 1.82) is 0 Å². The van der Waals surface area contributed by atoms with Crippen LogP contribution >= 0.6 is 0 Å². The van der Waals surface area contributed by atoms with Gasteiger partial charge >= 0.3 is 0 Å². The molecule has 1 atom stereocenters. The molecule has 0 amide bonds. The quantitative estimate of drug-likeness (QED) is 0.704. The Labute approximate surface area is 150 Å². The van der Waals surface area contributed by atoms with Gasteiger partial charge in [-0.05, 0) is 30.7 Å². The van der Waals surface area contributed by atoms with Gasteiger partial charge in [-0.25, -0.2) is 0 Å². The summed E-state index contributed by atoms with van der Waals surface area (Å²) in [5, 5.41) is 12.4. The van der Waals surface area contributed by atoms with Crippen molar-refractivity contribution in [1.82, 2.24) is 24.8 Å². The number of aromatic nitrogens is 5. The highest BCUT2D eigenvalue weighted by molar-refractivity contribution is 5.48. The first-order valence-electron chi connectivity index (χ1n) is 8.87. The Morgan fingerprint density at radius 1 is 1.23 bits per heavy atom. The van der Waals surface area contributed by atoms with Crippen LogP contribution in [0.25, 0.3) is 5.65 Å². The average molecular weight is 352 g/mol. The first kappa shape index (κ1) is 15.7. The second-order valence-electron chi connectivity index (χ2n) is 6.96. The standard InChI is InChI=1S/C18H20N6O2/c1-2-7-19-14(3-1)10-25-15-6-8-26-18(9-15)11-23(12-18)17-5-4-16-21-20-13-24(16)22-17/h1-5,7,13,15H,6,8-12H2. The summed E-state index contributed by atoms with van der Waals surface area (Å²) in [6.45, 7) is 2.95. The highest BCUT2D eigenvalue weighted by Gasteiger charge is 2.48. The number of anilines is 1. The molecule has 2 saturated heterocycles. The van der Waals surface area contributed by atoms with Crippen LogP contribution in [0.1, 0.15) is 18.5 Å². The first-order valence-corrected chi connectivity index (χ1v) is 8.87. The third-order valence-electron chi connectivity index (χ3n) is 5.07. The Kier molecular flexibility index (Phi) is 3.79. The molecule has 0 saturated carbocycles. The largest absolute Gasteiger partial charge is 0.372 e. The van der Waals surface area contributed by atoms with Crippen LogP contribution in [0.4, 0.5) is 5.82 Å². The molecule has 26 heavy (non-hydrogen) atoms. The van der Waals surface area contributed by atoms with Crippen molar-refractivity contribution in [2.45, 2.75) is 31.2 Å². The minimum absolute atomic E-state index is 0.128. The molecule has 5 heterocycles. The van der Waals surface area contributed by atoms with Crippen molar-refractivity contribution in [3.63, 3.8) is 0 Å². The van der Waals surface area contributed by atoms with Crippen molar-refractivity contribution in [3.05, 3.63) is 48.5 Å². The zero-order valence-corrected chi connectivity index (χ0v) is 14.4. The lowest BCUT2D eigenvalue weighted by molar-refractivity contribution is -0.148. The summed E-state index contributed by atoms with van der Waals surface area (Å²) in [6, 6.07) is 9.81. The normalized spacial score (nSPS) is 21.8. The third-order valence-corrected chi connectivity index (χ3v) is 5.07. The number of rotatable bonds is 4. The summed E-state index contributed by atoms with van der Waals surface area (Å²) in [6.07, 6.45) is 5.46. The van der Waals surface area contributed by atoms with Crippen LogP contribution < -0.4 is 4.90 Å². The maximum atomic E-state index is 6.11. The molecule has 134 valence electrons. The molecule has 2 aliphatic heterocycles. The summed E-state index contributed by atoms with van der Waals surface area (Å²) >= 11 is 0. The van der Waals surface area contributed by atoms with E-state index >= 15 is 0 Å². The number of nitrogens with zero attached hydrogens (tertiary/aromatic N) is 6. The Balaban J connectivity index is 1.20. The fourth-order valence-corrected chi connectivity index (χ4v) is 3.73. The molecule has 2 aliphatic rings. The second-order valence-corrected chi connectivity index (χ2v) is 6.96. The van der Waals surface area contributed by atoms with E-state index in [0.717, 1.165) is 49.7 Å². The maximum absolute atomic E-state index is 6.11. The van der Waals surface area contributed by atoms with E-state index in [9.17, 15) is 0 Å². The highest BCUT2D eigenvalue weighted by Crippen LogP contribution is 2.37. The van der Waals surface area contributed by atoms with Gasteiger partial charge in [0, 0.05) is 19.2 Å². The molecule has 0 aliphatic carbocycles. The molecule has 1 spiro atoms. The van der Waals surface area contributed by atoms with Gasteiger partial charge in [-0.2, -0.15) is 4.52 Å². The summed E-state index contributed by atoms with van der Waals surface area (Å²) in [4.78, 5) is 6.54. The lowest BCUT2D eigenvalue weighted by Gasteiger charge is -2.53. The first-order chi connectivity index (χ1) is 12.8. The van der Waals surface area contributed by atoms with Gasteiger partial charge in [-0.1, -0.05) is 6.07 Å². The molecule has 8 nitrogen and oxygen atoms in total. The van der Waals surface area contributed by atoms with E-state index in [0.29, 0.717) is 6.61 Å². The van der Waals surface area contributed by atoms with Crippen LogP contribution in [-0.4, -0.2) is 56.2 Å². The van der Waals surface area contributed by atoms with Crippen molar-refractivity contribution in [2.24, 2.45) is 0 Å². The lowest BCUT2D eigenvalue weighted by atomic mass is 9.84. The molecule has 3 aromatic rings. The number of hydrogen-bond acceptors (Lipinski definition) is 7. The van der Waals surface area contributed by atoms with Gasteiger partial charge in [0.1, 0.15) is 17.7 Å². The molecule has 0 aromatic carbocycles. The van der Waals surface area contributed by atoms with Crippen LogP contribution in [-0.2, 0) is 16.1 Å². The number of ether oxygens (including phenoxy) is 2. The van der Waals surface area contributed by atoms with Crippen molar-refractivity contribution in [3.8, 4) is 0 Å². The highest BCUT2D eigenvalue weighted by atomic mass is 16.5. The van der Waals surface area contributed by atoms with E-state index in [1.54, 1.807) is 17.0 Å². The fourth-order valence-electron chi connectivity index (χ4n) is 3.73. The predicted molar refractivity (Wildman–Crippen MR) is 93.7 cm³/mol. The van der Waals surface area contributed by atoms with Gasteiger partial charge in [-0.3, -0.25) is 4.98 Å². The van der Waals surface area contributed by atoms with Crippen LogP contribution in [0.3, 0.4) is 0 Å². The monoisotopic (exact) mass is 352 g/mol. The number of hydrogen-bond donors (Lipinski definition) is 0. The molecule has 8 heteroatoms. The molecular formula is C18H20N6O2. The van der Waals surface area contributed by atoms with E-state index in [1.165, 1.54) is 0 Å². The Morgan fingerprint density at radius 2 is 2.19 bits per heavy atom. The Bertz CT molecular complexity index is 893. The van der Waals surface area contributed by atoms with E-state index in [2.05, 4.69) is 25.2 Å². The smallest absolute Gasteiger partial charge is 0.177 e. The summed E-state index contributed by atoms with van der Waals surface area (Å²) in [7, 11) is 0. The summed E-state index contributed by atoms with van der Waals surface area (Å²) in [5.41, 5.74) is 1.59. The van der Waals surface area contributed by atoms with E-state index < -0.39 is 0 Å². The molecule has 3 aromatic heterocycles. The second kappa shape index (κ2) is 6.30. The molecule has 0 radical (unpaired) electrons. The Hall–Kier alpha value is -2.58. The van der Waals surface area contributed by atoms with E-state index in [1.807, 2.05) is 30.3 Å². The molecular weight excluding hydrogens is 332 g/mol. The van der Waals surface area contributed by atoms with Crippen molar-refractivity contribution >= 4 is 11.5 Å². The topological polar surface area (TPSA) is 77.7 Å². The molecule has 1 unspecified atom stereocenters. The molecule has 0 N–H and O–H groups in total. The zero-order valence-electron chi connectivity index (χ0n) is 14.4. The molecule has 5 rings (SSSR count). The fraction of sp³-hybridized carbons (Fsp3) is 0.444. The maximum Gasteiger partial charge on any atom is 0.177 e. The number of fused-ring (bicyclic) bond motifs is 1. The SMILES string of the molecule is c1ccc(COC2CCOC3(C2)CN(c2ccc4nncn4n2)C3)nc1. The molecule has 2 fully saturated rings. The summed E-state index contributed by atoms with van der Waals surface area (Å²) in [5.74, 6) is 0.919. The van der Waals surface area contributed by atoms with Gasteiger partial charge < -0.3 is 14.4 Å². The zero-order chi connectivity index (χ0) is 17.4. The average Bonchev–Trinajstić information content (AvgIpc) is 3.13. The predicted octanol–water partition coefficient (Wildman–Crippen LogP) is 1.47. The van der Waals surface area contributed by atoms with Crippen LogP contribution in [0.2, 0.25) is 0 Å². The van der Waals surface area contributed by atoms with E-state index in [-0.39, 0.29) is 11.7 Å². The van der Waals surface area contributed by atoms with Crippen LogP contribution in [0.15, 0.2) is 42.9 Å². The Morgan fingerprint density at radius 3 is 3.08 bits per heavy atom. The van der Waals surface area contributed by atoms with Gasteiger partial charge in [0.2, 0.25) is 0 Å². The lowest BCUT2D eigenvalue weighted by Crippen LogP contribution is -2.66. The van der Waals surface area contributed by atoms with Crippen LogP contribution in [0, 0.1) is 0 Å². The third kappa shape index (κ3) is 2.91. The summed E-state index contributed by atoms with van der Waals surface area (Å²) < 4.78 is 13.9.